The summed E-state index contributed by atoms with van der Waals surface area (Å²) in [5.74, 6) is 0.502. The molecule has 0 aliphatic heterocycles. The Morgan fingerprint density at radius 1 is 1.24 bits per heavy atom. The fourth-order valence-electron chi connectivity index (χ4n) is 1.79. The van der Waals surface area contributed by atoms with E-state index in [0.717, 1.165) is 10.8 Å². The van der Waals surface area contributed by atoms with Crippen molar-refractivity contribution in [2.45, 2.75) is 5.75 Å². The minimum Gasteiger partial charge on any atom is -0.481 e. The van der Waals surface area contributed by atoms with Crippen molar-refractivity contribution < 1.29 is 13.2 Å². The summed E-state index contributed by atoms with van der Waals surface area (Å²) in [6.07, 6.45) is 2.77. The van der Waals surface area contributed by atoms with E-state index in [2.05, 4.69) is 4.98 Å². The molecule has 1 heterocycles. The van der Waals surface area contributed by atoms with Crippen LogP contribution in [0.5, 0.6) is 5.88 Å². The predicted molar refractivity (Wildman–Crippen MR) is 66.8 cm³/mol. The summed E-state index contributed by atoms with van der Waals surface area (Å²) in [5.41, 5.74) is 0.698. The normalized spacial score (nSPS) is 11.6. The smallest absolute Gasteiger partial charge is 0.221 e. The molecule has 0 bridgehead atoms. The molecule has 2 aromatic rings. The third-order valence-electron chi connectivity index (χ3n) is 2.45. The Balaban J connectivity index is 2.67. The number of pyridine rings is 1. The lowest BCUT2D eigenvalue weighted by Crippen LogP contribution is -2.02. The average Bonchev–Trinajstić information content (AvgIpc) is 2.28. The zero-order chi connectivity index (χ0) is 12.5. The molecule has 0 aliphatic rings. The lowest BCUT2D eigenvalue weighted by atomic mass is 10.1. The fraction of sp³-hybridized carbons (Fsp3) is 0.250. The van der Waals surface area contributed by atoms with Gasteiger partial charge in [-0.3, -0.25) is 0 Å². The number of rotatable bonds is 3. The number of aromatic nitrogens is 1. The monoisotopic (exact) mass is 251 g/mol. The second kappa shape index (κ2) is 4.33. The van der Waals surface area contributed by atoms with Crippen LogP contribution in [0.3, 0.4) is 0 Å². The number of hydrogen-bond acceptors (Lipinski definition) is 4. The van der Waals surface area contributed by atoms with Crippen LogP contribution in [-0.4, -0.2) is 26.8 Å². The molecule has 17 heavy (non-hydrogen) atoms. The van der Waals surface area contributed by atoms with Crippen LogP contribution >= 0.6 is 0 Å². The van der Waals surface area contributed by atoms with Gasteiger partial charge in [-0.05, 0) is 17.0 Å². The van der Waals surface area contributed by atoms with E-state index in [9.17, 15) is 8.42 Å². The van der Waals surface area contributed by atoms with Crippen LogP contribution in [0.1, 0.15) is 5.56 Å². The molecule has 90 valence electrons. The minimum atomic E-state index is -3.07. The summed E-state index contributed by atoms with van der Waals surface area (Å²) in [6, 6.07) is 7.48. The van der Waals surface area contributed by atoms with E-state index in [-0.39, 0.29) is 5.75 Å². The average molecular weight is 251 g/mol. The van der Waals surface area contributed by atoms with Crippen LogP contribution in [0, 0.1) is 0 Å². The van der Waals surface area contributed by atoms with E-state index in [1.54, 1.807) is 13.3 Å². The zero-order valence-corrected chi connectivity index (χ0v) is 10.5. The van der Waals surface area contributed by atoms with Gasteiger partial charge in [0.1, 0.15) is 0 Å². The van der Waals surface area contributed by atoms with Crippen LogP contribution in [0.4, 0.5) is 0 Å². The standard InChI is InChI=1S/C12H13NO3S/c1-16-12-11-6-4-3-5-10(11)9(7-13-12)8-17(2,14)15/h3-7H,8H2,1-2H3. The number of benzene rings is 1. The van der Waals surface area contributed by atoms with Gasteiger partial charge in [0.15, 0.2) is 9.84 Å². The highest BCUT2D eigenvalue weighted by molar-refractivity contribution is 7.89. The van der Waals surface area contributed by atoms with Crippen LogP contribution in [0.2, 0.25) is 0 Å². The molecule has 0 saturated heterocycles. The summed E-state index contributed by atoms with van der Waals surface area (Å²) >= 11 is 0. The largest absolute Gasteiger partial charge is 0.481 e. The van der Waals surface area contributed by atoms with E-state index < -0.39 is 9.84 Å². The van der Waals surface area contributed by atoms with Gasteiger partial charge in [0.2, 0.25) is 5.88 Å². The number of methoxy groups -OCH3 is 1. The van der Waals surface area contributed by atoms with Gasteiger partial charge in [-0.15, -0.1) is 0 Å². The number of ether oxygens (including phenoxy) is 1. The lowest BCUT2D eigenvalue weighted by Gasteiger charge is -2.08. The fourth-order valence-corrected chi connectivity index (χ4v) is 2.58. The highest BCUT2D eigenvalue weighted by Gasteiger charge is 2.11. The molecule has 0 unspecified atom stereocenters. The Bertz CT molecular complexity index is 650. The van der Waals surface area contributed by atoms with E-state index in [1.165, 1.54) is 6.26 Å². The maximum absolute atomic E-state index is 11.3. The maximum atomic E-state index is 11.3. The van der Waals surface area contributed by atoms with Crippen molar-refractivity contribution in [2.75, 3.05) is 13.4 Å². The molecule has 0 atom stereocenters. The molecule has 2 rings (SSSR count). The van der Waals surface area contributed by atoms with Gasteiger partial charge in [-0.1, -0.05) is 18.2 Å². The molecule has 0 saturated carbocycles. The van der Waals surface area contributed by atoms with Gasteiger partial charge in [0, 0.05) is 17.8 Å². The van der Waals surface area contributed by atoms with Crippen molar-refractivity contribution >= 4 is 20.6 Å². The minimum absolute atomic E-state index is 0.00942. The summed E-state index contributed by atoms with van der Waals surface area (Å²) in [4.78, 5) is 4.12. The molecule has 1 aromatic heterocycles. The first kappa shape index (κ1) is 11.9. The molecule has 0 amide bonds. The zero-order valence-electron chi connectivity index (χ0n) is 9.67. The quantitative estimate of drug-likeness (QED) is 0.834. The molecule has 0 fully saturated rings. The van der Waals surface area contributed by atoms with Crippen molar-refractivity contribution in [2.24, 2.45) is 0 Å². The number of hydrogen-bond donors (Lipinski definition) is 0. The third kappa shape index (κ3) is 2.55. The van der Waals surface area contributed by atoms with Crippen molar-refractivity contribution in [3.63, 3.8) is 0 Å². The van der Waals surface area contributed by atoms with Crippen LogP contribution < -0.4 is 4.74 Å². The Morgan fingerprint density at radius 2 is 1.88 bits per heavy atom. The number of sulfone groups is 1. The highest BCUT2D eigenvalue weighted by atomic mass is 32.2. The van der Waals surface area contributed by atoms with Crippen molar-refractivity contribution in [1.82, 2.24) is 4.98 Å². The second-order valence-electron chi connectivity index (χ2n) is 3.91. The third-order valence-corrected chi connectivity index (χ3v) is 3.29. The number of fused-ring (bicyclic) bond motifs is 1. The molecule has 0 spiro atoms. The Hall–Kier alpha value is -1.62. The summed E-state index contributed by atoms with van der Waals surface area (Å²) in [7, 11) is -1.52. The molecule has 0 aliphatic carbocycles. The molecule has 5 heteroatoms. The van der Waals surface area contributed by atoms with Gasteiger partial charge >= 0.3 is 0 Å². The first-order chi connectivity index (χ1) is 8.01. The summed E-state index contributed by atoms with van der Waals surface area (Å²) in [6.45, 7) is 0. The number of nitrogens with zero attached hydrogens (tertiary/aromatic N) is 1. The highest BCUT2D eigenvalue weighted by Crippen LogP contribution is 2.26. The predicted octanol–water partition coefficient (Wildman–Crippen LogP) is 1.79. The van der Waals surface area contributed by atoms with E-state index >= 15 is 0 Å². The first-order valence-electron chi connectivity index (χ1n) is 5.09. The Morgan fingerprint density at radius 3 is 2.47 bits per heavy atom. The van der Waals surface area contributed by atoms with Crippen LogP contribution in [0.15, 0.2) is 30.5 Å². The van der Waals surface area contributed by atoms with Crippen LogP contribution in [-0.2, 0) is 15.6 Å². The van der Waals surface area contributed by atoms with Gasteiger partial charge in [0.25, 0.3) is 0 Å². The molecule has 0 N–H and O–H groups in total. The lowest BCUT2D eigenvalue weighted by molar-refractivity contribution is 0.403. The van der Waals surface area contributed by atoms with E-state index in [1.807, 2.05) is 24.3 Å². The maximum Gasteiger partial charge on any atom is 0.221 e. The SMILES string of the molecule is COc1ncc(CS(C)(=O)=O)c2ccccc12. The van der Waals surface area contributed by atoms with Crippen molar-refractivity contribution in [3.05, 3.63) is 36.0 Å². The Labute approximate surface area is 100 Å². The van der Waals surface area contributed by atoms with Gasteiger partial charge < -0.3 is 4.74 Å². The summed E-state index contributed by atoms with van der Waals surface area (Å²) < 4.78 is 27.8. The van der Waals surface area contributed by atoms with Gasteiger partial charge in [0.05, 0.1) is 12.9 Å². The second-order valence-corrected chi connectivity index (χ2v) is 6.05. The summed E-state index contributed by atoms with van der Waals surface area (Å²) in [5, 5.41) is 1.70. The van der Waals surface area contributed by atoms with Gasteiger partial charge in [-0.2, -0.15) is 0 Å². The van der Waals surface area contributed by atoms with Crippen LogP contribution in [0.25, 0.3) is 10.8 Å². The molecular formula is C12H13NO3S. The molecular weight excluding hydrogens is 238 g/mol. The Kier molecular flexibility index (Phi) is 3.02. The van der Waals surface area contributed by atoms with Crippen molar-refractivity contribution in [1.29, 1.82) is 0 Å². The molecule has 1 aromatic carbocycles. The van der Waals surface area contributed by atoms with Crippen molar-refractivity contribution in [3.8, 4) is 5.88 Å². The van der Waals surface area contributed by atoms with E-state index in [0.29, 0.717) is 11.4 Å². The van der Waals surface area contributed by atoms with Gasteiger partial charge in [-0.25, -0.2) is 13.4 Å². The topological polar surface area (TPSA) is 56.3 Å². The van der Waals surface area contributed by atoms with E-state index in [4.69, 9.17) is 4.74 Å². The first-order valence-corrected chi connectivity index (χ1v) is 7.15. The molecule has 4 nitrogen and oxygen atoms in total. The molecule has 0 radical (unpaired) electrons.